The predicted octanol–water partition coefficient (Wildman–Crippen LogP) is 4.95. The summed E-state index contributed by atoms with van der Waals surface area (Å²) in [7, 11) is 0. The van der Waals surface area contributed by atoms with Gasteiger partial charge < -0.3 is 9.73 Å². The average Bonchev–Trinajstić information content (AvgIpc) is 3.46. The van der Waals surface area contributed by atoms with E-state index in [0.29, 0.717) is 22.3 Å². The standard InChI is InChI=1S/C22H17F3N4O2S/c23-22(24,25)16-8-4-9-17(12-16)29-20(15-6-2-1-3-7-15)27-28-21(29)32-14-19(30)26-13-18-10-5-11-31-18/h1-12H,13-14H2,(H,26,30). The summed E-state index contributed by atoms with van der Waals surface area (Å²) in [6.45, 7) is 0.238. The van der Waals surface area contributed by atoms with E-state index in [1.165, 1.54) is 16.9 Å². The largest absolute Gasteiger partial charge is 0.467 e. The van der Waals surface area contributed by atoms with Crippen LogP contribution in [0.1, 0.15) is 11.3 Å². The Bertz CT molecular complexity index is 1190. The van der Waals surface area contributed by atoms with E-state index in [9.17, 15) is 18.0 Å². The lowest BCUT2D eigenvalue weighted by molar-refractivity contribution is -0.137. The molecule has 0 radical (unpaired) electrons. The predicted molar refractivity (Wildman–Crippen MR) is 113 cm³/mol. The first-order valence-corrected chi connectivity index (χ1v) is 10.5. The van der Waals surface area contributed by atoms with Crippen LogP contribution < -0.4 is 5.32 Å². The van der Waals surface area contributed by atoms with Crippen LogP contribution in [0.2, 0.25) is 0 Å². The van der Waals surface area contributed by atoms with Crippen LogP contribution in [0.25, 0.3) is 17.1 Å². The maximum atomic E-state index is 13.3. The van der Waals surface area contributed by atoms with Crippen LogP contribution in [0, 0.1) is 0 Å². The van der Waals surface area contributed by atoms with Gasteiger partial charge in [-0.25, -0.2) is 0 Å². The van der Waals surface area contributed by atoms with Crippen LogP contribution in [0.5, 0.6) is 0 Å². The quantitative estimate of drug-likeness (QED) is 0.397. The molecule has 0 bridgehead atoms. The average molecular weight is 458 g/mol. The van der Waals surface area contributed by atoms with Crippen molar-refractivity contribution in [1.29, 1.82) is 0 Å². The van der Waals surface area contributed by atoms with E-state index >= 15 is 0 Å². The number of nitrogens with zero attached hydrogens (tertiary/aromatic N) is 3. The molecule has 2 aromatic carbocycles. The molecule has 0 saturated heterocycles. The third-order valence-electron chi connectivity index (χ3n) is 4.47. The topological polar surface area (TPSA) is 73.0 Å². The molecule has 2 aromatic heterocycles. The summed E-state index contributed by atoms with van der Waals surface area (Å²) in [4.78, 5) is 12.2. The lowest BCUT2D eigenvalue weighted by Gasteiger charge is -2.13. The maximum absolute atomic E-state index is 13.3. The van der Waals surface area contributed by atoms with Crippen molar-refractivity contribution in [3.63, 3.8) is 0 Å². The van der Waals surface area contributed by atoms with Crippen LogP contribution in [0.15, 0.2) is 82.6 Å². The number of nitrogens with one attached hydrogen (secondary N) is 1. The Kier molecular flexibility index (Phi) is 6.31. The molecular weight excluding hydrogens is 441 g/mol. The zero-order valence-corrected chi connectivity index (χ0v) is 17.4. The van der Waals surface area contributed by atoms with Crippen LogP contribution >= 0.6 is 11.8 Å². The number of furan rings is 1. The van der Waals surface area contributed by atoms with Gasteiger partial charge in [-0.2, -0.15) is 13.2 Å². The summed E-state index contributed by atoms with van der Waals surface area (Å²) in [6.07, 6.45) is -2.98. The fourth-order valence-corrected chi connectivity index (χ4v) is 3.75. The summed E-state index contributed by atoms with van der Waals surface area (Å²) in [5.74, 6) is 0.726. The third-order valence-corrected chi connectivity index (χ3v) is 5.40. The molecule has 0 fully saturated rings. The molecule has 4 rings (SSSR count). The Morgan fingerprint density at radius 2 is 1.84 bits per heavy atom. The smallest absolute Gasteiger partial charge is 0.416 e. The van der Waals surface area contributed by atoms with Gasteiger partial charge in [0.05, 0.1) is 29.8 Å². The number of thioether (sulfide) groups is 1. The van der Waals surface area contributed by atoms with Crippen molar-refractivity contribution in [2.24, 2.45) is 0 Å². The van der Waals surface area contributed by atoms with Crippen LogP contribution in [-0.2, 0) is 17.5 Å². The van der Waals surface area contributed by atoms with Gasteiger partial charge in [0.2, 0.25) is 5.91 Å². The highest BCUT2D eigenvalue weighted by atomic mass is 32.2. The Balaban J connectivity index is 1.62. The summed E-state index contributed by atoms with van der Waals surface area (Å²) in [5.41, 5.74) is 0.156. The molecule has 0 spiro atoms. The van der Waals surface area contributed by atoms with E-state index in [4.69, 9.17) is 4.42 Å². The molecule has 4 aromatic rings. The summed E-state index contributed by atoms with van der Waals surface area (Å²) in [6, 6.07) is 17.4. The molecule has 0 aliphatic heterocycles. The molecule has 32 heavy (non-hydrogen) atoms. The number of alkyl halides is 3. The molecule has 164 valence electrons. The van der Waals surface area contributed by atoms with Gasteiger partial charge in [0.25, 0.3) is 0 Å². The van der Waals surface area contributed by atoms with Gasteiger partial charge in [-0.15, -0.1) is 10.2 Å². The molecule has 1 N–H and O–H groups in total. The van der Waals surface area contributed by atoms with E-state index in [0.717, 1.165) is 23.9 Å². The number of amides is 1. The van der Waals surface area contributed by atoms with Crippen LogP contribution in [-0.4, -0.2) is 26.4 Å². The first-order valence-electron chi connectivity index (χ1n) is 9.52. The van der Waals surface area contributed by atoms with Gasteiger partial charge >= 0.3 is 6.18 Å². The van der Waals surface area contributed by atoms with Crippen molar-refractivity contribution in [2.45, 2.75) is 17.9 Å². The molecule has 2 heterocycles. The van der Waals surface area contributed by atoms with Gasteiger partial charge in [-0.1, -0.05) is 48.2 Å². The summed E-state index contributed by atoms with van der Waals surface area (Å²) >= 11 is 1.08. The Labute approximate surface area is 185 Å². The van der Waals surface area contributed by atoms with E-state index in [1.807, 2.05) is 6.07 Å². The number of rotatable bonds is 7. The van der Waals surface area contributed by atoms with E-state index < -0.39 is 11.7 Å². The van der Waals surface area contributed by atoms with E-state index in [2.05, 4.69) is 15.5 Å². The van der Waals surface area contributed by atoms with Crippen molar-refractivity contribution < 1.29 is 22.4 Å². The Morgan fingerprint density at radius 1 is 1.03 bits per heavy atom. The second kappa shape index (κ2) is 9.31. The molecule has 0 unspecified atom stereocenters. The number of halogens is 3. The molecule has 10 heteroatoms. The van der Waals surface area contributed by atoms with E-state index in [1.54, 1.807) is 42.5 Å². The second-order valence-electron chi connectivity index (χ2n) is 6.70. The van der Waals surface area contributed by atoms with E-state index in [-0.39, 0.29) is 23.9 Å². The zero-order valence-electron chi connectivity index (χ0n) is 16.5. The van der Waals surface area contributed by atoms with Gasteiger partial charge in [-0.3, -0.25) is 9.36 Å². The highest BCUT2D eigenvalue weighted by Crippen LogP contribution is 2.33. The zero-order chi connectivity index (χ0) is 22.6. The molecular formula is C22H17F3N4O2S. The molecule has 0 aliphatic carbocycles. The number of carbonyl (C=O) groups is 1. The number of benzene rings is 2. The fraction of sp³-hybridized carbons (Fsp3) is 0.136. The number of hydrogen-bond donors (Lipinski definition) is 1. The van der Waals surface area contributed by atoms with Crippen LogP contribution in [0.3, 0.4) is 0 Å². The number of aromatic nitrogens is 3. The number of hydrogen-bond acceptors (Lipinski definition) is 5. The monoisotopic (exact) mass is 458 g/mol. The van der Waals surface area contributed by atoms with Gasteiger partial charge in [0.1, 0.15) is 5.76 Å². The molecule has 0 atom stereocenters. The summed E-state index contributed by atoms with van der Waals surface area (Å²) < 4.78 is 46.5. The van der Waals surface area contributed by atoms with Crippen molar-refractivity contribution in [1.82, 2.24) is 20.1 Å². The van der Waals surface area contributed by atoms with Gasteiger partial charge in [0.15, 0.2) is 11.0 Å². The fourth-order valence-electron chi connectivity index (χ4n) is 2.97. The lowest BCUT2D eigenvalue weighted by Crippen LogP contribution is -2.24. The third kappa shape index (κ3) is 5.02. The Hall–Kier alpha value is -3.53. The molecule has 0 aliphatic rings. The molecule has 1 amide bonds. The molecule has 0 saturated carbocycles. The highest BCUT2D eigenvalue weighted by Gasteiger charge is 2.31. The minimum absolute atomic E-state index is 0.00654. The number of carbonyl (C=O) groups excluding carboxylic acids is 1. The first kappa shape index (κ1) is 21.7. The summed E-state index contributed by atoms with van der Waals surface area (Å²) in [5, 5.41) is 11.3. The SMILES string of the molecule is O=C(CSc1nnc(-c2ccccc2)n1-c1cccc(C(F)(F)F)c1)NCc1ccco1. The minimum atomic E-state index is -4.49. The maximum Gasteiger partial charge on any atom is 0.416 e. The minimum Gasteiger partial charge on any atom is -0.467 e. The van der Waals surface area contributed by atoms with Crippen molar-refractivity contribution in [3.05, 3.63) is 84.3 Å². The van der Waals surface area contributed by atoms with Crippen molar-refractivity contribution >= 4 is 17.7 Å². The second-order valence-corrected chi connectivity index (χ2v) is 7.64. The highest BCUT2D eigenvalue weighted by molar-refractivity contribution is 7.99. The van der Waals surface area contributed by atoms with Crippen LogP contribution in [0.4, 0.5) is 13.2 Å². The Morgan fingerprint density at radius 3 is 2.56 bits per heavy atom. The first-order chi connectivity index (χ1) is 15.4. The van der Waals surface area contributed by atoms with Crippen molar-refractivity contribution in [2.75, 3.05) is 5.75 Å². The van der Waals surface area contributed by atoms with Gasteiger partial charge in [-0.05, 0) is 30.3 Å². The van der Waals surface area contributed by atoms with Gasteiger partial charge in [0, 0.05) is 5.56 Å². The molecule has 6 nitrogen and oxygen atoms in total. The lowest BCUT2D eigenvalue weighted by atomic mass is 10.1. The van der Waals surface area contributed by atoms with Crippen molar-refractivity contribution in [3.8, 4) is 17.1 Å². The normalized spacial score (nSPS) is 11.5.